The molecule has 1 aromatic carbocycles. The van der Waals surface area contributed by atoms with Gasteiger partial charge in [0.2, 0.25) is 0 Å². The van der Waals surface area contributed by atoms with Crippen LogP contribution in [0.5, 0.6) is 0 Å². The highest BCUT2D eigenvalue weighted by Gasteiger charge is 2.14. The van der Waals surface area contributed by atoms with Crippen molar-refractivity contribution < 1.29 is 9.53 Å². The van der Waals surface area contributed by atoms with Gasteiger partial charge in [0.05, 0.1) is 5.56 Å². The number of nitrogen functional groups attached to an aromatic ring is 1. The van der Waals surface area contributed by atoms with Crippen LogP contribution in [0.3, 0.4) is 0 Å². The summed E-state index contributed by atoms with van der Waals surface area (Å²) < 4.78 is 5.31. The standard InChI is InChI=1S/C14H20N2O2/c15-13-4-2-1-3-12(13)14(17)16-8-5-11-6-9-18-10-7-11/h1-4,11H,5-10,15H2,(H,16,17). The van der Waals surface area contributed by atoms with Gasteiger partial charge < -0.3 is 15.8 Å². The summed E-state index contributed by atoms with van der Waals surface area (Å²) in [5.74, 6) is 0.590. The van der Waals surface area contributed by atoms with E-state index >= 15 is 0 Å². The Morgan fingerprint density at radius 2 is 2.06 bits per heavy atom. The summed E-state index contributed by atoms with van der Waals surface area (Å²) in [4.78, 5) is 11.9. The molecule has 1 aromatic rings. The van der Waals surface area contributed by atoms with Crippen molar-refractivity contribution in [1.29, 1.82) is 0 Å². The second kappa shape index (κ2) is 6.40. The number of nitrogens with one attached hydrogen (secondary N) is 1. The van der Waals surface area contributed by atoms with Crippen molar-refractivity contribution in [1.82, 2.24) is 5.32 Å². The second-order valence-electron chi connectivity index (χ2n) is 4.69. The number of hydrogen-bond donors (Lipinski definition) is 2. The molecule has 1 fully saturated rings. The Kier molecular flexibility index (Phi) is 4.59. The third-order valence-corrected chi connectivity index (χ3v) is 3.38. The van der Waals surface area contributed by atoms with Gasteiger partial charge in [-0.1, -0.05) is 12.1 Å². The Morgan fingerprint density at radius 3 is 2.78 bits per heavy atom. The summed E-state index contributed by atoms with van der Waals surface area (Å²) in [5, 5.41) is 2.93. The van der Waals surface area contributed by atoms with E-state index < -0.39 is 0 Å². The highest BCUT2D eigenvalue weighted by Crippen LogP contribution is 2.17. The van der Waals surface area contributed by atoms with Gasteiger partial charge in [0.1, 0.15) is 0 Å². The third-order valence-electron chi connectivity index (χ3n) is 3.38. The van der Waals surface area contributed by atoms with Crippen molar-refractivity contribution in [3.63, 3.8) is 0 Å². The third kappa shape index (κ3) is 3.47. The van der Waals surface area contributed by atoms with Crippen molar-refractivity contribution in [2.24, 2.45) is 5.92 Å². The van der Waals surface area contributed by atoms with E-state index in [4.69, 9.17) is 10.5 Å². The molecule has 0 radical (unpaired) electrons. The molecule has 0 saturated carbocycles. The number of rotatable bonds is 4. The normalized spacial score (nSPS) is 16.4. The first kappa shape index (κ1) is 12.9. The van der Waals surface area contributed by atoms with Gasteiger partial charge >= 0.3 is 0 Å². The van der Waals surface area contributed by atoms with Crippen LogP contribution in [0.2, 0.25) is 0 Å². The Hall–Kier alpha value is -1.55. The van der Waals surface area contributed by atoms with Gasteiger partial charge in [-0.25, -0.2) is 0 Å². The Bertz CT molecular complexity index is 401. The van der Waals surface area contributed by atoms with Crippen LogP contribution >= 0.6 is 0 Å². The van der Waals surface area contributed by atoms with Crippen molar-refractivity contribution in [3.05, 3.63) is 29.8 Å². The van der Waals surface area contributed by atoms with Gasteiger partial charge in [-0.15, -0.1) is 0 Å². The minimum Gasteiger partial charge on any atom is -0.398 e. The van der Waals surface area contributed by atoms with Crippen LogP contribution in [-0.4, -0.2) is 25.7 Å². The molecule has 4 nitrogen and oxygen atoms in total. The Labute approximate surface area is 108 Å². The number of ether oxygens (including phenoxy) is 1. The molecule has 0 aromatic heterocycles. The number of carbonyl (C=O) groups excluding carboxylic acids is 1. The van der Waals surface area contributed by atoms with E-state index in [0.717, 1.165) is 32.5 Å². The quantitative estimate of drug-likeness (QED) is 0.799. The number of para-hydroxylation sites is 1. The molecule has 18 heavy (non-hydrogen) atoms. The van der Waals surface area contributed by atoms with E-state index in [9.17, 15) is 4.79 Å². The van der Waals surface area contributed by atoms with Gasteiger partial charge in [0.25, 0.3) is 5.91 Å². The van der Waals surface area contributed by atoms with Crippen molar-refractivity contribution >= 4 is 11.6 Å². The number of benzene rings is 1. The predicted molar refractivity (Wildman–Crippen MR) is 71.3 cm³/mol. The minimum absolute atomic E-state index is 0.0832. The molecule has 3 N–H and O–H groups in total. The van der Waals surface area contributed by atoms with Gasteiger partial charge in [-0.3, -0.25) is 4.79 Å². The monoisotopic (exact) mass is 248 g/mol. The van der Waals surface area contributed by atoms with Crippen LogP contribution in [0.1, 0.15) is 29.6 Å². The summed E-state index contributed by atoms with van der Waals surface area (Å²) in [5.41, 5.74) is 6.85. The molecule has 1 amide bonds. The van der Waals surface area contributed by atoms with Crippen LogP contribution in [0.25, 0.3) is 0 Å². The highest BCUT2D eigenvalue weighted by molar-refractivity contribution is 5.98. The first-order valence-corrected chi connectivity index (χ1v) is 6.48. The molecule has 1 aliphatic heterocycles. The van der Waals surface area contributed by atoms with Crippen LogP contribution < -0.4 is 11.1 Å². The second-order valence-corrected chi connectivity index (χ2v) is 4.69. The molecule has 0 spiro atoms. The van der Waals surface area contributed by atoms with Crippen molar-refractivity contribution in [2.45, 2.75) is 19.3 Å². The summed E-state index contributed by atoms with van der Waals surface area (Å²) in [6.45, 7) is 2.41. The average molecular weight is 248 g/mol. The lowest BCUT2D eigenvalue weighted by Crippen LogP contribution is -2.28. The van der Waals surface area contributed by atoms with Gasteiger partial charge in [-0.2, -0.15) is 0 Å². The maximum Gasteiger partial charge on any atom is 0.253 e. The maximum absolute atomic E-state index is 11.9. The minimum atomic E-state index is -0.0832. The lowest BCUT2D eigenvalue weighted by molar-refractivity contribution is 0.0636. The molecule has 0 atom stereocenters. The lowest BCUT2D eigenvalue weighted by Gasteiger charge is -2.21. The first-order chi connectivity index (χ1) is 8.77. The predicted octanol–water partition coefficient (Wildman–Crippen LogP) is 1.82. The molecule has 1 aliphatic rings. The van der Waals surface area contributed by atoms with E-state index in [1.165, 1.54) is 0 Å². The average Bonchev–Trinajstić information content (AvgIpc) is 2.40. The SMILES string of the molecule is Nc1ccccc1C(=O)NCCC1CCOCC1. The fourth-order valence-corrected chi connectivity index (χ4v) is 2.22. The fraction of sp³-hybridized carbons (Fsp3) is 0.500. The molecule has 2 rings (SSSR count). The summed E-state index contributed by atoms with van der Waals surface area (Å²) >= 11 is 0. The van der Waals surface area contributed by atoms with Gasteiger partial charge in [0, 0.05) is 25.4 Å². The van der Waals surface area contributed by atoms with E-state index in [-0.39, 0.29) is 5.91 Å². The fourth-order valence-electron chi connectivity index (χ4n) is 2.22. The molecule has 0 unspecified atom stereocenters. The molecule has 98 valence electrons. The molecule has 0 aliphatic carbocycles. The summed E-state index contributed by atoms with van der Waals surface area (Å²) in [6.07, 6.45) is 3.22. The topological polar surface area (TPSA) is 64.4 Å². The Morgan fingerprint density at radius 1 is 1.33 bits per heavy atom. The van der Waals surface area contributed by atoms with Crippen molar-refractivity contribution in [3.8, 4) is 0 Å². The largest absolute Gasteiger partial charge is 0.398 e. The smallest absolute Gasteiger partial charge is 0.253 e. The van der Waals surface area contributed by atoms with Crippen LogP contribution in [0.4, 0.5) is 5.69 Å². The number of nitrogens with two attached hydrogens (primary N) is 1. The van der Waals surface area contributed by atoms with Gasteiger partial charge in [0.15, 0.2) is 0 Å². The first-order valence-electron chi connectivity index (χ1n) is 6.48. The van der Waals surface area contributed by atoms with Crippen LogP contribution in [0, 0.1) is 5.92 Å². The lowest BCUT2D eigenvalue weighted by atomic mass is 9.96. The molecular formula is C14H20N2O2. The van der Waals surface area contributed by atoms with Crippen LogP contribution in [0.15, 0.2) is 24.3 Å². The highest BCUT2D eigenvalue weighted by atomic mass is 16.5. The van der Waals surface area contributed by atoms with E-state index in [2.05, 4.69) is 5.32 Å². The summed E-state index contributed by atoms with van der Waals surface area (Å²) in [7, 11) is 0. The zero-order valence-corrected chi connectivity index (χ0v) is 10.5. The van der Waals surface area contributed by atoms with E-state index in [0.29, 0.717) is 23.7 Å². The number of anilines is 1. The zero-order chi connectivity index (χ0) is 12.8. The molecule has 4 heteroatoms. The zero-order valence-electron chi connectivity index (χ0n) is 10.5. The maximum atomic E-state index is 11.9. The Balaban J connectivity index is 1.76. The summed E-state index contributed by atoms with van der Waals surface area (Å²) in [6, 6.07) is 7.14. The molecular weight excluding hydrogens is 228 g/mol. The molecule has 1 saturated heterocycles. The van der Waals surface area contributed by atoms with Gasteiger partial charge in [-0.05, 0) is 37.3 Å². The van der Waals surface area contributed by atoms with E-state index in [1.807, 2.05) is 12.1 Å². The van der Waals surface area contributed by atoms with Crippen LogP contribution in [-0.2, 0) is 4.74 Å². The molecule has 0 bridgehead atoms. The number of carbonyl (C=O) groups is 1. The number of amides is 1. The van der Waals surface area contributed by atoms with Crippen molar-refractivity contribution in [2.75, 3.05) is 25.5 Å². The number of hydrogen-bond acceptors (Lipinski definition) is 3. The van der Waals surface area contributed by atoms with E-state index in [1.54, 1.807) is 12.1 Å². The molecule has 1 heterocycles.